The Hall–Kier alpha value is -0.123. The first-order chi connectivity index (χ1) is 9.00. The molecule has 0 N–H and O–H groups in total. The maximum absolute atomic E-state index is 6.19. The second kappa shape index (κ2) is 7.60. The fraction of sp³-hybridized carbons (Fsp3) is 0.875. The van der Waals surface area contributed by atoms with Crippen molar-refractivity contribution in [3.05, 3.63) is 12.3 Å². The van der Waals surface area contributed by atoms with Crippen molar-refractivity contribution < 1.29 is 8.85 Å². The fourth-order valence-electron chi connectivity index (χ4n) is 3.64. The summed E-state index contributed by atoms with van der Waals surface area (Å²) in [6.07, 6.45) is 3.90. The van der Waals surface area contributed by atoms with E-state index in [1.807, 2.05) is 5.70 Å². The van der Waals surface area contributed by atoms with Gasteiger partial charge in [0.1, 0.15) is 0 Å². The third kappa shape index (κ3) is 3.93. The summed E-state index contributed by atoms with van der Waals surface area (Å²) in [5, 5.41) is 0. The monoisotopic (exact) mass is 284 g/mol. The van der Waals surface area contributed by atoms with Crippen molar-refractivity contribution in [1.29, 1.82) is 0 Å². The van der Waals surface area contributed by atoms with Crippen molar-refractivity contribution >= 4 is 8.56 Å². The SMILES string of the molecule is C=C[Si](OCC)(OCC)C1CC(C)CCC1C(C)C. The molecule has 112 valence electrons. The summed E-state index contributed by atoms with van der Waals surface area (Å²) in [6.45, 7) is 16.7. The molecule has 0 bridgehead atoms. The topological polar surface area (TPSA) is 18.5 Å². The zero-order chi connectivity index (χ0) is 14.5. The summed E-state index contributed by atoms with van der Waals surface area (Å²) < 4.78 is 12.4. The van der Waals surface area contributed by atoms with Gasteiger partial charge in [0.15, 0.2) is 0 Å². The van der Waals surface area contributed by atoms with Crippen LogP contribution in [-0.4, -0.2) is 21.8 Å². The molecule has 0 aromatic heterocycles. The van der Waals surface area contributed by atoms with Crippen LogP contribution in [0.5, 0.6) is 0 Å². The molecule has 0 aliphatic heterocycles. The smallest absolute Gasteiger partial charge is 0.367 e. The predicted molar refractivity (Wildman–Crippen MR) is 84.3 cm³/mol. The van der Waals surface area contributed by atoms with Gasteiger partial charge in [-0.1, -0.05) is 27.2 Å². The highest BCUT2D eigenvalue weighted by molar-refractivity contribution is 6.74. The van der Waals surface area contributed by atoms with E-state index in [4.69, 9.17) is 8.85 Å². The molecular weight excluding hydrogens is 252 g/mol. The molecule has 3 atom stereocenters. The van der Waals surface area contributed by atoms with Crippen LogP contribution in [0.4, 0.5) is 0 Å². The predicted octanol–water partition coefficient (Wildman–Crippen LogP) is 4.69. The molecule has 3 heteroatoms. The van der Waals surface area contributed by atoms with Gasteiger partial charge in [-0.25, -0.2) is 0 Å². The molecule has 3 unspecified atom stereocenters. The Morgan fingerprint density at radius 3 is 2.21 bits per heavy atom. The lowest BCUT2D eigenvalue weighted by Crippen LogP contribution is -2.50. The van der Waals surface area contributed by atoms with Gasteiger partial charge >= 0.3 is 8.56 Å². The summed E-state index contributed by atoms with van der Waals surface area (Å²) in [6, 6.07) is 0. The molecule has 0 aromatic rings. The average Bonchev–Trinajstić information content (AvgIpc) is 2.37. The molecule has 0 spiro atoms. The zero-order valence-electron chi connectivity index (χ0n) is 13.4. The summed E-state index contributed by atoms with van der Waals surface area (Å²) in [5.41, 5.74) is 2.60. The fourth-order valence-corrected chi connectivity index (χ4v) is 7.47. The lowest BCUT2D eigenvalue weighted by atomic mass is 9.77. The van der Waals surface area contributed by atoms with E-state index in [0.29, 0.717) is 11.5 Å². The second-order valence-corrected chi connectivity index (χ2v) is 9.39. The lowest BCUT2D eigenvalue weighted by Gasteiger charge is -2.45. The van der Waals surface area contributed by atoms with Crippen LogP contribution in [0.1, 0.15) is 53.9 Å². The van der Waals surface area contributed by atoms with Gasteiger partial charge in [-0.05, 0) is 50.1 Å². The summed E-state index contributed by atoms with van der Waals surface area (Å²) in [7, 11) is -2.27. The van der Waals surface area contributed by atoms with Crippen molar-refractivity contribution in [3.8, 4) is 0 Å². The maximum atomic E-state index is 6.19. The second-order valence-electron chi connectivity index (χ2n) is 6.22. The largest absolute Gasteiger partial charge is 0.391 e. The number of rotatable bonds is 7. The van der Waals surface area contributed by atoms with Crippen LogP contribution >= 0.6 is 0 Å². The van der Waals surface area contributed by atoms with Gasteiger partial charge in [0.2, 0.25) is 0 Å². The lowest BCUT2D eigenvalue weighted by molar-refractivity contribution is 0.137. The molecule has 1 aliphatic carbocycles. The molecule has 1 saturated carbocycles. The first-order valence-corrected chi connectivity index (χ1v) is 9.89. The average molecular weight is 285 g/mol. The van der Waals surface area contributed by atoms with Crippen molar-refractivity contribution in [3.63, 3.8) is 0 Å². The molecule has 19 heavy (non-hydrogen) atoms. The van der Waals surface area contributed by atoms with Gasteiger partial charge in [0.05, 0.1) is 0 Å². The van der Waals surface area contributed by atoms with Crippen molar-refractivity contribution in [2.45, 2.75) is 59.4 Å². The van der Waals surface area contributed by atoms with Crippen LogP contribution in [0.2, 0.25) is 5.54 Å². The summed E-state index contributed by atoms with van der Waals surface area (Å²) in [4.78, 5) is 0. The Balaban J connectivity index is 3.03. The van der Waals surface area contributed by atoms with Crippen LogP contribution in [0.25, 0.3) is 0 Å². The first-order valence-electron chi connectivity index (χ1n) is 7.92. The Morgan fingerprint density at radius 1 is 1.21 bits per heavy atom. The highest BCUT2D eigenvalue weighted by Gasteiger charge is 2.49. The standard InChI is InChI=1S/C16H32O2Si/c1-7-17-19(9-3,18-8-2)16-12-14(6)10-11-15(16)13(4)5/h9,13-16H,3,7-8,10-12H2,1-2,4-6H3. The van der Waals surface area contributed by atoms with E-state index in [9.17, 15) is 0 Å². The van der Waals surface area contributed by atoms with E-state index in [1.54, 1.807) is 0 Å². The normalized spacial score (nSPS) is 28.6. The van der Waals surface area contributed by atoms with Crippen LogP contribution in [-0.2, 0) is 8.85 Å². The minimum absolute atomic E-state index is 0.564. The molecule has 0 aromatic carbocycles. The molecular formula is C16H32O2Si. The van der Waals surface area contributed by atoms with Crippen molar-refractivity contribution in [2.24, 2.45) is 17.8 Å². The highest BCUT2D eigenvalue weighted by Crippen LogP contribution is 2.48. The third-order valence-electron chi connectivity index (χ3n) is 4.56. The van der Waals surface area contributed by atoms with E-state index in [1.165, 1.54) is 19.3 Å². The van der Waals surface area contributed by atoms with Gasteiger partial charge in [-0.3, -0.25) is 0 Å². The Kier molecular flexibility index (Phi) is 6.78. The van der Waals surface area contributed by atoms with E-state index in [0.717, 1.165) is 25.0 Å². The van der Waals surface area contributed by atoms with Crippen molar-refractivity contribution in [1.82, 2.24) is 0 Å². The van der Waals surface area contributed by atoms with E-state index >= 15 is 0 Å². The molecule has 2 nitrogen and oxygen atoms in total. The summed E-state index contributed by atoms with van der Waals surface area (Å²) >= 11 is 0. The van der Waals surface area contributed by atoms with Crippen LogP contribution in [0.3, 0.4) is 0 Å². The van der Waals surface area contributed by atoms with Gasteiger partial charge in [-0.2, -0.15) is 0 Å². The van der Waals surface area contributed by atoms with Gasteiger partial charge in [0.25, 0.3) is 0 Å². The van der Waals surface area contributed by atoms with Gasteiger partial charge in [0, 0.05) is 18.8 Å². The Labute approximate surface area is 120 Å². The van der Waals surface area contributed by atoms with Gasteiger partial charge < -0.3 is 8.85 Å². The molecule has 0 amide bonds. The van der Waals surface area contributed by atoms with E-state index in [2.05, 4.69) is 41.2 Å². The quantitative estimate of drug-likeness (QED) is 0.631. The maximum Gasteiger partial charge on any atom is 0.367 e. The number of hydrogen-bond donors (Lipinski definition) is 0. The first kappa shape index (κ1) is 16.9. The molecule has 0 heterocycles. The van der Waals surface area contributed by atoms with E-state index in [-0.39, 0.29) is 0 Å². The molecule has 1 rings (SSSR count). The highest BCUT2D eigenvalue weighted by atomic mass is 28.4. The Bertz CT molecular complexity index is 272. The zero-order valence-corrected chi connectivity index (χ0v) is 14.4. The van der Waals surface area contributed by atoms with Crippen molar-refractivity contribution in [2.75, 3.05) is 13.2 Å². The van der Waals surface area contributed by atoms with Crippen LogP contribution in [0, 0.1) is 17.8 Å². The van der Waals surface area contributed by atoms with Crippen LogP contribution in [0.15, 0.2) is 12.3 Å². The van der Waals surface area contributed by atoms with Gasteiger partial charge in [-0.15, -0.1) is 6.58 Å². The molecule has 1 fully saturated rings. The summed E-state index contributed by atoms with van der Waals surface area (Å²) in [5.74, 6) is 2.21. The van der Waals surface area contributed by atoms with E-state index < -0.39 is 8.56 Å². The third-order valence-corrected chi connectivity index (χ3v) is 8.31. The Morgan fingerprint density at radius 2 is 1.79 bits per heavy atom. The minimum atomic E-state index is -2.27. The molecule has 1 aliphatic rings. The van der Waals surface area contributed by atoms with Crippen LogP contribution < -0.4 is 0 Å². The number of hydrogen-bond acceptors (Lipinski definition) is 2. The molecule has 0 saturated heterocycles. The molecule has 0 radical (unpaired) electrons. The minimum Gasteiger partial charge on any atom is -0.391 e.